The van der Waals surface area contributed by atoms with Gasteiger partial charge in [0.05, 0.1) is 6.20 Å². The molecule has 0 fully saturated rings. The summed E-state index contributed by atoms with van der Waals surface area (Å²) in [4.78, 5) is 23.2. The first-order valence-corrected chi connectivity index (χ1v) is 5.51. The zero-order valence-corrected chi connectivity index (χ0v) is 9.67. The van der Waals surface area contributed by atoms with E-state index in [1.807, 2.05) is 0 Å². The van der Waals surface area contributed by atoms with Gasteiger partial charge in [0.1, 0.15) is 11.1 Å². The molecule has 0 amide bonds. The molecule has 8 heteroatoms. The summed E-state index contributed by atoms with van der Waals surface area (Å²) in [6.07, 6.45) is 1.54. The van der Waals surface area contributed by atoms with Gasteiger partial charge in [0.25, 0.3) is 0 Å². The number of rotatable bonds is 3. The van der Waals surface area contributed by atoms with Gasteiger partial charge in [-0.15, -0.1) is 0 Å². The van der Waals surface area contributed by atoms with Gasteiger partial charge in [0.2, 0.25) is 0 Å². The molecule has 2 rings (SSSR count). The number of hydrogen-bond acceptors (Lipinski definition) is 6. The van der Waals surface area contributed by atoms with E-state index in [0.29, 0.717) is 20.2 Å². The van der Waals surface area contributed by atoms with Crippen LogP contribution in [0.25, 0.3) is 10.5 Å². The Balaban J connectivity index is 2.27. The van der Waals surface area contributed by atoms with Crippen molar-refractivity contribution in [3.05, 3.63) is 10.8 Å². The molecule has 0 saturated carbocycles. The molecule has 0 aromatic carbocycles. The van der Waals surface area contributed by atoms with E-state index in [2.05, 4.69) is 36.2 Å². The van der Waals surface area contributed by atoms with Crippen molar-refractivity contribution in [2.75, 3.05) is 11.9 Å². The van der Waals surface area contributed by atoms with E-state index >= 15 is 0 Å². The maximum absolute atomic E-state index is 10.3. The third kappa shape index (κ3) is 2.39. The van der Waals surface area contributed by atoms with Crippen LogP contribution < -0.4 is 5.32 Å². The summed E-state index contributed by atoms with van der Waals surface area (Å²) in [7, 11) is 0. The van der Waals surface area contributed by atoms with Crippen molar-refractivity contribution in [3.8, 4) is 0 Å². The summed E-state index contributed by atoms with van der Waals surface area (Å²) in [5, 5.41) is 11.6. The van der Waals surface area contributed by atoms with Crippen molar-refractivity contribution >= 4 is 48.8 Å². The van der Waals surface area contributed by atoms with Crippen molar-refractivity contribution < 1.29 is 9.90 Å². The first-order valence-electron chi connectivity index (χ1n) is 3.90. The van der Waals surface area contributed by atoms with Crippen LogP contribution in [0.1, 0.15) is 0 Å². The number of anilines is 1. The van der Waals surface area contributed by atoms with Gasteiger partial charge in [-0.25, -0.2) is 9.97 Å². The van der Waals surface area contributed by atoms with Crippen LogP contribution in [-0.4, -0.2) is 32.6 Å². The molecule has 0 saturated heterocycles. The fourth-order valence-electron chi connectivity index (χ4n) is 0.928. The summed E-state index contributed by atoms with van der Waals surface area (Å²) in [5.41, 5.74) is 0.510. The van der Waals surface area contributed by atoms with Gasteiger partial charge in [-0.05, 0) is 15.9 Å². The molecule has 0 atom stereocenters. The molecule has 0 unspecified atom stereocenters. The number of fused-ring (bicyclic) bond motifs is 1. The molecule has 0 bridgehead atoms. The lowest BCUT2D eigenvalue weighted by Crippen LogP contribution is -2.11. The summed E-state index contributed by atoms with van der Waals surface area (Å²) >= 11 is 4.46. The van der Waals surface area contributed by atoms with E-state index < -0.39 is 5.97 Å². The van der Waals surface area contributed by atoms with E-state index in [4.69, 9.17) is 5.11 Å². The van der Waals surface area contributed by atoms with Crippen LogP contribution in [0.4, 0.5) is 5.13 Å². The molecule has 2 aromatic heterocycles. The Hall–Kier alpha value is -1.28. The number of aliphatic carboxylic acids is 1. The molecule has 78 valence electrons. The number of aromatic nitrogens is 3. The molecule has 2 N–H and O–H groups in total. The highest BCUT2D eigenvalue weighted by atomic mass is 79.9. The average molecular weight is 289 g/mol. The quantitative estimate of drug-likeness (QED) is 0.886. The van der Waals surface area contributed by atoms with Crippen LogP contribution in [0, 0.1) is 0 Å². The lowest BCUT2D eigenvalue weighted by atomic mass is 10.7. The van der Waals surface area contributed by atoms with Crippen LogP contribution >= 0.6 is 27.3 Å². The Labute approximate surface area is 96.5 Å². The van der Waals surface area contributed by atoms with Crippen LogP contribution in [0.2, 0.25) is 0 Å². The first-order chi connectivity index (χ1) is 7.15. The number of carboxylic acid groups (broad SMARTS) is 1. The van der Waals surface area contributed by atoms with Gasteiger partial charge >= 0.3 is 5.97 Å². The minimum atomic E-state index is -0.934. The summed E-state index contributed by atoms with van der Waals surface area (Å²) in [5.74, 6) is -0.934. The van der Waals surface area contributed by atoms with Crippen molar-refractivity contribution in [1.29, 1.82) is 0 Å². The van der Waals surface area contributed by atoms with Gasteiger partial charge in [0, 0.05) is 0 Å². The van der Waals surface area contributed by atoms with Gasteiger partial charge in [0.15, 0.2) is 15.6 Å². The van der Waals surface area contributed by atoms with Crippen molar-refractivity contribution in [3.63, 3.8) is 0 Å². The van der Waals surface area contributed by atoms with Crippen LogP contribution in [0.15, 0.2) is 10.8 Å². The second kappa shape index (κ2) is 4.07. The van der Waals surface area contributed by atoms with E-state index in [0.717, 1.165) is 0 Å². The molecular formula is C7H5BrN4O2S. The Morgan fingerprint density at radius 3 is 3.13 bits per heavy atom. The number of halogens is 1. The number of carbonyl (C=O) groups is 1. The summed E-state index contributed by atoms with van der Waals surface area (Å²) < 4.78 is 0.628. The lowest BCUT2D eigenvalue weighted by Gasteiger charge is -1.94. The number of thiazole rings is 1. The topological polar surface area (TPSA) is 88.0 Å². The molecule has 2 aromatic rings. The van der Waals surface area contributed by atoms with E-state index in [9.17, 15) is 4.79 Å². The minimum absolute atomic E-state index is 0.166. The Bertz CT molecular complexity index is 515. The maximum Gasteiger partial charge on any atom is 0.322 e. The highest BCUT2D eigenvalue weighted by molar-refractivity contribution is 9.10. The smallest absolute Gasteiger partial charge is 0.322 e. The lowest BCUT2D eigenvalue weighted by molar-refractivity contribution is -0.134. The summed E-state index contributed by atoms with van der Waals surface area (Å²) in [6.45, 7) is -0.166. The predicted molar refractivity (Wildman–Crippen MR) is 59.0 cm³/mol. The minimum Gasteiger partial charge on any atom is -0.480 e. The predicted octanol–water partition coefficient (Wildman–Crippen LogP) is 1.35. The molecular weight excluding hydrogens is 284 g/mol. The maximum atomic E-state index is 10.3. The number of carboxylic acids is 1. The number of nitrogens with zero attached hydrogens (tertiary/aromatic N) is 3. The largest absolute Gasteiger partial charge is 0.480 e. The molecule has 0 radical (unpaired) electrons. The Morgan fingerprint density at radius 1 is 1.60 bits per heavy atom. The fourth-order valence-corrected chi connectivity index (χ4v) is 2.12. The van der Waals surface area contributed by atoms with Crippen LogP contribution in [-0.2, 0) is 4.79 Å². The van der Waals surface area contributed by atoms with Gasteiger partial charge in [-0.1, -0.05) is 11.3 Å². The molecule has 0 aliphatic rings. The fraction of sp³-hybridized carbons (Fsp3) is 0.143. The zero-order valence-electron chi connectivity index (χ0n) is 7.27. The Kier molecular flexibility index (Phi) is 2.78. The van der Waals surface area contributed by atoms with Crippen molar-refractivity contribution in [2.24, 2.45) is 0 Å². The number of hydrogen-bond donors (Lipinski definition) is 2. The van der Waals surface area contributed by atoms with Crippen molar-refractivity contribution in [1.82, 2.24) is 15.0 Å². The standard InChI is InChI=1S/C7H5BrN4O2S/c8-3-1-9-5-6(11-3)15-7(12-5)10-2-4(13)14/h1H,2H2,(H,13,14)(H,9,10,12). The van der Waals surface area contributed by atoms with E-state index in [-0.39, 0.29) is 6.54 Å². The van der Waals surface area contributed by atoms with Crippen LogP contribution in [0.3, 0.4) is 0 Å². The van der Waals surface area contributed by atoms with Gasteiger partial charge in [-0.2, -0.15) is 4.98 Å². The van der Waals surface area contributed by atoms with E-state index in [1.165, 1.54) is 11.3 Å². The molecule has 2 heterocycles. The molecule has 0 spiro atoms. The third-order valence-corrected chi connectivity index (χ3v) is 2.76. The van der Waals surface area contributed by atoms with Gasteiger partial charge in [-0.3, -0.25) is 4.79 Å². The average Bonchev–Trinajstić information content (AvgIpc) is 2.56. The second-order valence-corrected chi connectivity index (χ2v) is 4.38. The Morgan fingerprint density at radius 2 is 2.40 bits per heavy atom. The third-order valence-electron chi connectivity index (χ3n) is 1.48. The second-order valence-electron chi connectivity index (χ2n) is 2.59. The van der Waals surface area contributed by atoms with E-state index in [1.54, 1.807) is 6.20 Å². The number of nitrogens with one attached hydrogen (secondary N) is 1. The molecule has 15 heavy (non-hydrogen) atoms. The first kappa shape index (κ1) is 10.2. The highest BCUT2D eigenvalue weighted by Crippen LogP contribution is 2.23. The zero-order chi connectivity index (χ0) is 10.8. The summed E-state index contributed by atoms with van der Waals surface area (Å²) in [6, 6.07) is 0. The van der Waals surface area contributed by atoms with Crippen molar-refractivity contribution in [2.45, 2.75) is 0 Å². The monoisotopic (exact) mass is 288 g/mol. The van der Waals surface area contributed by atoms with Gasteiger partial charge < -0.3 is 10.4 Å². The highest BCUT2D eigenvalue weighted by Gasteiger charge is 2.07. The molecule has 6 nitrogen and oxygen atoms in total. The normalized spacial score (nSPS) is 10.5. The molecule has 0 aliphatic carbocycles. The molecule has 0 aliphatic heterocycles. The van der Waals surface area contributed by atoms with Crippen LogP contribution in [0.5, 0.6) is 0 Å². The SMILES string of the molecule is O=C(O)CNc1nc2ncc(Br)nc2s1.